The van der Waals surface area contributed by atoms with Crippen LogP contribution in [0.3, 0.4) is 0 Å². The van der Waals surface area contributed by atoms with E-state index in [4.69, 9.17) is 10.5 Å². The van der Waals surface area contributed by atoms with Crippen LogP contribution in [0.25, 0.3) is 0 Å². The van der Waals surface area contributed by atoms with Crippen LogP contribution in [0.5, 0.6) is 0 Å². The van der Waals surface area contributed by atoms with E-state index in [1.54, 1.807) is 0 Å². The largest absolute Gasteiger partial charge is 0.391 e. The summed E-state index contributed by atoms with van der Waals surface area (Å²) in [5, 5.41) is 0. The zero-order valence-electron chi connectivity index (χ0n) is 10.5. The molecule has 0 saturated heterocycles. The lowest BCUT2D eigenvalue weighted by atomic mass is 9.78. The van der Waals surface area contributed by atoms with E-state index in [-0.39, 0.29) is 30.9 Å². The summed E-state index contributed by atoms with van der Waals surface area (Å²) in [6, 6.07) is -0.133. The number of nitrogens with two attached hydrogens (primary N) is 1. The summed E-state index contributed by atoms with van der Waals surface area (Å²) in [7, 11) is 0. The Morgan fingerprint density at radius 2 is 1.71 bits per heavy atom. The minimum atomic E-state index is -4.04. The highest BCUT2D eigenvalue weighted by Gasteiger charge is 2.42. The van der Waals surface area contributed by atoms with Crippen LogP contribution in [0.4, 0.5) is 13.2 Å². The molecule has 1 fully saturated rings. The van der Waals surface area contributed by atoms with Gasteiger partial charge in [0.05, 0.1) is 18.6 Å². The van der Waals surface area contributed by atoms with Gasteiger partial charge in [0.1, 0.15) is 0 Å². The van der Waals surface area contributed by atoms with E-state index < -0.39 is 12.1 Å². The number of halogens is 3. The molecule has 1 aliphatic rings. The molecule has 0 aliphatic heterocycles. The van der Waals surface area contributed by atoms with Crippen molar-refractivity contribution in [2.75, 3.05) is 6.61 Å². The van der Waals surface area contributed by atoms with E-state index in [1.807, 2.05) is 13.8 Å². The van der Waals surface area contributed by atoms with Gasteiger partial charge in [-0.15, -0.1) is 0 Å². The second-order valence-corrected chi connectivity index (χ2v) is 5.20. The van der Waals surface area contributed by atoms with Crippen molar-refractivity contribution in [3.63, 3.8) is 0 Å². The fraction of sp³-hybridized carbons (Fsp3) is 1.00. The summed E-state index contributed by atoms with van der Waals surface area (Å²) >= 11 is 0. The molecule has 0 spiro atoms. The Balaban J connectivity index is 2.31. The number of ether oxygens (including phenoxy) is 1. The van der Waals surface area contributed by atoms with Gasteiger partial charge in [0.2, 0.25) is 0 Å². The van der Waals surface area contributed by atoms with Crippen LogP contribution in [-0.2, 0) is 4.74 Å². The van der Waals surface area contributed by atoms with Crippen molar-refractivity contribution in [2.24, 2.45) is 17.6 Å². The average molecular weight is 253 g/mol. The maximum absolute atomic E-state index is 12.5. The molecule has 102 valence electrons. The van der Waals surface area contributed by atoms with Gasteiger partial charge in [-0.05, 0) is 45.4 Å². The molecule has 0 aromatic rings. The van der Waals surface area contributed by atoms with Crippen molar-refractivity contribution in [3.8, 4) is 0 Å². The molecule has 0 bridgehead atoms. The Kier molecular flexibility index (Phi) is 5.25. The quantitative estimate of drug-likeness (QED) is 0.835. The summed E-state index contributed by atoms with van der Waals surface area (Å²) in [6.45, 7) is 4.29. The minimum Gasteiger partial charge on any atom is -0.377 e. The Morgan fingerprint density at radius 3 is 2.12 bits per heavy atom. The van der Waals surface area contributed by atoms with Crippen molar-refractivity contribution < 1.29 is 17.9 Å². The molecule has 17 heavy (non-hydrogen) atoms. The van der Waals surface area contributed by atoms with Gasteiger partial charge in [-0.1, -0.05) is 0 Å². The van der Waals surface area contributed by atoms with Gasteiger partial charge in [-0.25, -0.2) is 0 Å². The lowest BCUT2D eigenvalue weighted by Gasteiger charge is -2.33. The highest BCUT2D eigenvalue weighted by molar-refractivity contribution is 4.82. The maximum atomic E-state index is 12.5. The third-order valence-corrected chi connectivity index (χ3v) is 3.46. The molecule has 0 amide bonds. The molecule has 1 aliphatic carbocycles. The van der Waals surface area contributed by atoms with Crippen molar-refractivity contribution >= 4 is 0 Å². The summed E-state index contributed by atoms with van der Waals surface area (Å²) in [5.74, 6) is -0.954. The van der Waals surface area contributed by atoms with Gasteiger partial charge in [0.15, 0.2) is 0 Å². The molecule has 1 saturated carbocycles. The molecule has 0 aromatic heterocycles. The first-order valence-corrected chi connectivity index (χ1v) is 6.24. The van der Waals surface area contributed by atoms with Crippen LogP contribution in [-0.4, -0.2) is 24.9 Å². The molecule has 2 N–H and O–H groups in total. The lowest BCUT2D eigenvalue weighted by molar-refractivity contribution is -0.184. The summed E-state index contributed by atoms with van der Waals surface area (Å²) in [5.41, 5.74) is 5.94. The van der Waals surface area contributed by atoms with Crippen molar-refractivity contribution in [1.82, 2.24) is 0 Å². The first-order chi connectivity index (χ1) is 7.80. The van der Waals surface area contributed by atoms with Gasteiger partial charge in [0.25, 0.3) is 0 Å². The first kappa shape index (κ1) is 14.8. The Hall–Kier alpha value is -0.290. The second-order valence-electron chi connectivity index (χ2n) is 5.20. The summed E-state index contributed by atoms with van der Waals surface area (Å²) < 4.78 is 42.8. The van der Waals surface area contributed by atoms with Gasteiger partial charge >= 0.3 is 6.18 Å². The normalized spacial score (nSPS) is 28.4. The highest BCUT2D eigenvalue weighted by Crippen LogP contribution is 2.40. The topological polar surface area (TPSA) is 35.2 Å². The van der Waals surface area contributed by atoms with Crippen LogP contribution in [0.1, 0.15) is 39.5 Å². The third kappa shape index (κ3) is 4.84. The molecule has 0 heterocycles. The molecule has 2 nitrogen and oxygen atoms in total. The van der Waals surface area contributed by atoms with E-state index >= 15 is 0 Å². The zero-order valence-corrected chi connectivity index (χ0v) is 10.5. The molecule has 1 atom stereocenters. The zero-order chi connectivity index (χ0) is 13.1. The third-order valence-electron chi connectivity index (χ3n) is 3.46. The van der Waals surface area contributed by atoms with Crippen LogP contribution in [0.15, 0.2) is 0 Å². The number of hydrogen-bond donors (Lipinski definition) is 1. The number of hydrogen-bond acceptors (Lipinski definition) is 2. The maximum Gasteiger partial charge on any atom is 0.391 e. The Labute approximate surface area is 101 Å². The molecule has 5 heteroatoms. The van der Waals surface area contributed by atoms with Crippen molar-refractivity contribution in [1.29, 1.82) is 0 Å². The lowest BCUT2D eigenvalue weighted by Crippen LogP contribution is -2.39. The number of rotatable bonds is 4. The van der Waals surface area contributed by atoms with E-state index in [0.717, 1.165) is 0 Å². The molecule has 1 rings (SSSR count). The van der Waals surface area contributed by atoms with E-state index in [1.165, 1.54) is 0 Å². The fourth-order valence-electron chi connectivity index (χ4n) is 2.31. The smallest absolute Gasteiger partial charge is 0.377 e. The molecule has 1 unspecified atom stereocenters. The van der Waals surface area contributed by atoms with Gasteiger partial charge in [-0.2, -0.15) is 13.2 Å². The average Bonchev–Trinajstić information content (AvgIpc) is 2.25. The van der Waals surface area contributed by atoms with Crippen LogP contribution < -0.4 is 5.73 Å². The SMILES string of the molecule is CC(C)OCC(N)C1CCC(C(F)(F)F)CC1. The Morgan fingerprint density at radius 1 is 1.18 bits per heavy atom. The molecular weight excluding hydrogens is 231 g/mol. The van der Waals surface area contributed by atoms with Crippen LogP contribution >= 0.6 is 0 Å². The highest BCUT2D eigenvalue weighted by atomic mass is 19.4. The molecule has 0 aromatic carbocycles. The van der Waals surface area contributed by atoms with Gasteiger partial charge in [0, 0.05) is 6.04 Å². The van der Waals surface area contributed by atoms with Crippen molar-refractivity contribution in [2.45, 2.75) is 57.9 Å². The number of alkyl halides is 3. The summed E-state index contributed by atoms with van der Waals surface area (Å²) in [4.78, 5) is 0. The van der Waals surface area contributed by atoms with Gasteiger partial charge in [-0.3, -0.25) is 0 Å². The Bertz CT molecular complexity index is 222. The monoisotopic (exact) mass is 253 g/mol. The van der Waals surface area contributed by atoms with E-state index in [2.05, 4.69) is 0 Å². The van der Waals surface area contributed by atoms with Gasteiger partial charge < -0.3 is 10.5 Å². The molecule has 0 radical (unpaired) electrons. The first-order valence-electron chi connectivity index (χ1n) is 6.24. The predicted octanol–water partition coefficient (Wildman–Crippen LogP) is 3.11. The van der Waals surface area contributed by atoms with E-state index in [0.29, 0.717) is 19.4 Å². The van der Waals surface area contributed by atoms with Crippen LogP contribution in [0.2, 0.25) is 0 Å². The summed E-state index contributed by atoms with van der Waals surface area (Å²) in [6.07, 6.45) is -2.37. The fourth-order valence-corrected chi connectivity index (χ4v) is 2.31. The predicted molar refractivity (Wildman–Crippen MR) is 60.6 cm³/mol. The van der Waals surface area contributed by atoms with E-state index in [9.17, 15) is 13.2 Å². The minimum absolute atomic E-state index is 0.118. The molecular formula is C12H22F3NO. The van der Waals surface area contributed by atoms with Crippen molar-refractivity contribution in [3.05, 3.63) is 0 Å². The standard InChI is InChI=1S/C12H22F3NO/c1-8(2)17-7-11(16)9-3-5-10(6-4-9)12(13,14)15/h8-11H,3-7,16H2,1-2H3. The second kappa shape index (κ2) is 6.05. The van der Waals surface area contributed by atoms with Crippen LogP contribution in [0, 0.1) is 11.8 Å².